The predicted octanol–water partition coefficient (Wildman–Crippen LogP) is 8.50. The maximum absolute atomic E-state index is 14.3. The van der Waals surface area contributed by atoms with E-state index in [1.54, 1.807) is 47.4 Å². The minimum atomic E-state index is -5.03. The number of ether oxygens (including phenoxy) is 2. The molecule has 6 rings (SSSR count). The van der Waals surface area contributed by atoms with Gasteiger partial charge in [-0.3, -0.25) is 15.0 Å². The van der Waals surface area contributed by atoms with Crippen molar-refractivity contribution in [3.05, 3.63) is 143 Å². The van der Waals surface area contributed by atoms with Crippen LogP contribution in [0.4, 0.5) is 31.1 Å². The number of benzene rings is 4. The molecular formula is C40H39F6N3O4. The fourth-order valence-corrected chi connectivity index (χ4v) is 7.11. The number of nitrogens with one attached hydrogen (secondary N) is 1. The van der Waals surface area contributed by atoms with Crippen LogP contribution in [-0.4, -0.2) is 53.6 Å². The van der Waals surface area contributed by atoms with E-state index in [1.165, 1.54) is 11.8 Å². The van der Waals surface area contributed by atoms with Gasteiger partial charge >= 0.3 is 18.4 Å². The fourth-order valence-electron chi connectivity index (χ4n) is 7.11. The van der Waals surface area contributed by atoms with Crippen LogP contribution in [0.5, 0.6) is 0 Å². The maximum atomic E-state index is 14.3. The number of hydrogen-bond acceptors (Lipinski definition) is 5. The molecule has 0 aliphatic carbocycles. The van der Waals surface area contributed by atoms with Gasteiger partial charge in [-0.1, -0.05) is 91.0 Å². The molecule has 280 valence electrons. The number of nitrogens with zero attached hydrogens (tertiary/aromatic N) is 2. The van der Waals surface area contributed by atoms with Crippen LogP contribution in [0.2, 0.25) is 0 Å². The molecule has 7 nitrogen and oxygen atoms in total. The highest BCUT2D eigenvalue weighted by molar-refractivity contribution is 5.79. The van der Waals surface area contributed by atoms with Gasteiger partial charge < -0.3 is 14.4 Å². The summed E-state index contributed by atoms with van der Waals surface area (Å²) in [7, 11) is 0. The van der Waals surface area contributed by atoms with Crippen molar-refractivity contribution in [3.8, 4) is 0 Å². The Kier molecular flexibility index (Phi) is 10.9. The van der Waals surface area contributed by atoms with E-state index in [0.29, 0.717) is 30.7 Å². The van der Waals surface area contributed by atoms with Crippen LogP contribution >= 0.6 is 0 Å². The number of hydrogen-bond donors (Lipinski definition) is 1. The Morgan fingerprint density at radius 2 is 1.36 bits per heavy atom. The number of rotatable bonds is 9. The molecule has 4 aromatic carbocycles. The molecular weight excluding hydrogens is 700 g/mol. The maximum Gasteiger partial charge on any atom is 0.416 e. The van der Waals surface area contributed by atoms with Gasteiger partial charge in [0.1, 0.15) is 6.61 Å². The summed E-state index contributed by atoms with van der Waals surface area (Å²) in [5, 5.41) is 3.38. The third-order valence-corrected chi connectivity index (χ3v) is 10.1. The Morgan fingerprint density at radius 1 is 0.792 bits per heavy atom. The van der Waals surface area contributed by atoms with Gasteiger partial charge in [0.2, 0.25) is 5.91 Å². The number of amides is 2. The van der Waals surface area contributed by atoms with Crippen LogP contribution in [0.15, 0.2) is 109 Å². The molecule has 2 fully saturated rings. The number of carbonyl (C=O) groups excluding carboxylic acids is 2. The third kappa shape index (κ3) is 8.68. The quantitative estimate of drug-likeness (QED) is 0.175. The van der Waals surface area contributed by atoms with Crippen LogP contribution in [0.3, 0.4) is 0 Å². The number of piperidine rings is 1. The molecule has 0 saturated carbocycles. The largest absolute Gasteiger partial charge is 0.445 e. The highest BCUT2D eigenvalue weighted by Gasteiger charge is 2.54. The molecule has 2 amide bonds. The van der Waals surface area contributed by atoms with Gasteiger partial charge in [0.05, 0.1) is 41.5 Å². The summed E-state index contributed by atoms with van der Waals surface area (Å²) < 4.78 is 94.6. The predicted molar refractivity (Wildman–Crippen MR) is 184 cm³/mol. The van der Waals surface area contributed by atoms with Crippen LogP contribution in [0, 0.1) is 0 Å². The van der Waals surface area contributed by atoms with Crippen molar-refractivity contribution in [2.24, 2.45) is 0 Å². The zero-order chi connectivity index (χ0) is 37.9. The summed E-state index contributed by atoms with van der Waals surface area (Å²) in [6.45, 7) is 1.78. The molecule has 4 aromatic rings. The van der Waals surface area contributed by atoms with Gasteiger partial charge in [-0.05, 0) is 60.2 Å². The summed E-state index contributed by atoms with van der Waals surface area (Å²) in [5.74, 6) is -0.103. The molecule has 2 aliphatic heterocycles. The lowest BCUT2D eigenvalue weighted by molar-refractivity contribution is -0.144. The highest BCUT2D eigenvalue weighted by atomic mass is 19.4. The Bertz CT molecular complexity index is 1840. The average molecular weight is 740 g/mol. The summed E-state index contributed by atoms with van der Waals surface area (Å²) >= 11 is 0. The SMILES string of the molecule is C[C@@H](OC[C@@]1(c2ccccc2)CCC2(CN(Cc3ccccc3)C(=O)CN2)CN1C(=O)OCc1ccccc1)c1cc(C(F)(F)F)cc(C(F)(F)F)c1. The van der Waals surface area contributed by atoms with Gasteiger partial charge in [0.15, 0.2) is 0 Å². The molecule has 2 aliphatic rings. The molecule has 1 unspecified atom stereocenters. The van der Waals surface area contributed by atoms with Crippen molar-refractivity contribution < 1.29 is 45.4 Å². The lowest BCUT2D eigenvalue weighted by Crippen LogP contribution is -2.72. The van der Waals surface area contributed by atoms with E-state index in [0.717, 1.165) is 11.1 Å². The van der Waals surface area contributed by atoms with E-state index in [9.17, 15) is 35.9 Å². The molecule has 0 aromatic heterocycles. The summed E-state index contributed by atoms with van der Waals surface area (Å²) in [6.07, 6.45) is -11.3. The lowest BCUT2D eigenvalue weighted by Gasteiger charge is -2.56. The van der Waals surface area contributed by atoms with E-state index in [1.807, 2.05) is 48.5 Å². The van der Waals surface area contributed by atoms with E-state index in [2.05, 4.69) is 5.32 Å². The molecule has 0 bridgehead atoms. The van der Waals surface area contributed by atoms with E-state index < -0.39 is 46.8 Å². The van der Waals surface area contributed by atoms with Crippen molar-refractivity contribution in [1.82, 2.24) is 15.1 Å². The molecule has 1 spiro atoms. The molecule has 0 radical (unpaired) electrons. The molecule has 2 saturated heterocycles. The number of likely N-dealkylation sites (tertiary alicyclic amines) is 1. The van der Waals surface area contributed by atoms with E-state index >= 15 is 0 Å². The third-order valence-electron chi connectivity index (χ3n) is 10.1. The molecule has 1 N–H and O–H groups in total. The summed E-state index contributed by atoms with van der Waals surface area (Å²) in [5.41, 5.74) is -2.90. The van der Waals surface area contributed by atoms with Crippen LogP contribution in [-0.2, 0) is 45.3 Å². The first-order chi connectivity index (χ1) is 25.2. The summed E-state index contributed by atoms with van der Waals surface area (Å²) in [4.78, 5) is 30.8. The Hall–Kier alpha value is -4.88. The van der Waals surface area contributed by atoms with Crippen LogP contribution in [0.1, 0.15) is 59.3 Å². The van der Waals surface area contributed by atoms with Crippen molar-refractivity contribution in [2.75, 3.05) is 26.2 Å². The zero-order valence-electron chi connectivity index (χ0n) is 28.9. The second-order valence-electron chi connectivity index (χ2n) is 13.7. The first-order valence-corrected chi connectivity index (χ1v) is 17.2. The number of piperazine rings is 1. The second kappa shape index (κ2) is 15.2. The standard InChI is InChI=1S/C40H39F6N3O4/c1-28(31-19-33(39(41,42)43)21-34(20-31)40(44,45)46)53-27-38(32-15-9-4-10-16-32)18-17-37(26-49(38)36(51)52-24-30-13-7-3-8-14-30)25-48(35(50)22-47-37)23-29-11-5-2-6-12-29/h2-16,19-21,28,47H,17-18,22-27H2,1H3/t28-,37?,38-/m1/s1. The molecule has 3 atom stereocenters. The van der Waals surface area contributed by atoms with Gasteiger partial charge in [-0.15, -0.1) is 0 Å². The van der Waals surface area contributed by atoms with E-state index in [4.69, 9.17) is 9.47 Å². The summed E-state index contributed by atoms with van der Waals surface area (Å²) in [6, 6.07) is 28.9. The van der Waals surface area contributed by atoms with Crippen LogP contribution < -0.4 is 5.32 Å². The monoisotopic (exact) mass is 739 g/mol. The van der Waals surface area contributed by atoms with Gasteiger partial charge in [-0.2, -0.15) is 26.3 Å². The smallest absolute Gasteiger partial charge is 0.416 e. The van der Waals surface area contributed by atoms with Gasteiger partial charge in [0, 0.05) is 19.6 Å². The minimum Gasteiger partial charge on any atom is -0.445 e. The van der Waals surface area contributed by atoms with E-state index in [-0.39, 0.29) is 56.8 Å². The Labute approximate surface area is 303 Å². The number of alkyl halides is 6. The highest BCUT2D eigenvalue weighted by Crippen LogP contribution is 2.44. The van der Waals surface area contributed by atoms with Crippen molar-refractivity contribution >= 4 is 12.0 Å². The molecule has 13 heteroatoms. The first-order valence-electron chi connectivity index (χ1n) is 17.2. The normalized spacial score (nSPS) is 21.5. The van der Waals surface area contributed by atoms with Crippen molar-refractivity contribution in [1.29, 1.82) is 0 Å². The zero-order valence-corrected chi connectivity index (χ0v) is 28.9. The van der Waals surface area contributed by atoms with Gasteiger partial charge in [-0.25, -0.2) is 4.79 Å². The van der Waals surface area contributed by atoms with Crippen molar-refractivity contribution in [3.63, 3.8) is 0 Å². The number of carbonyl (C=O) groups is 2. The van der Waals surface area contributed by atoms with Crippen molar-refractivity contribution in [2.45, 2.75) is 62.5 Å². The number of halogens is 6. The lowest BCUT2D eigenvalue weighted by atomic mass is 9.74. The van der Waals surface area contributed by atoms with Crippen LogP contribution in [0.25, 0.3) is 0 Å². The molecule has 2 heterocycles. The second-order valence-corrected chi connectivity index (χ2v) is 13.7. The Morgan fingerprint density at radius 3 is 1.94 bits per heavy atom. The topological polar surface area (TPSA) is 71.1 Å². The Balaban J connectivity index is 1.35. The first kappa shape index (κ1) is 37.9. The molecule has 53 heavy (non-hydrogen) atoms. The van der Waals surface area contributed by atoms with Gasteiger partial charge in [0.25, 0.3) is 0 Å². The fraction of sp³-hybridized carbons (Fsp3) is 0.350. The minimum absolute atomic E-state index is 0.0304. The average Bonchev–Trinajstić information content (AvgIpc) is 3.15.